The summed E-state index contributed by atoms with van der Waals surface area (Å²) in [5.74, 6) is 1.60. The number of hydrogen-bond donors (Lipinski definition) is 0. The molecule has 1 aliphatic carbocycles. The van der Waals surface area contributed by atoms with Crippen molar-refractivity contribution in [2.75, 3.05) is 6.61 Å². The maximum absolute atomic E-state index is 11.5. The van der Waals surface area contributed by atoms with Crippen LogP contribution in [-0.2, 0) is 11.2 Å². The molecule has 0 radical (unpaired) electrons. The Morgan fingerprint density at radius 1 is 1.28 bits per heavy atom. The van der Waals surface area contributed by atoms with Crippen LogP contribution in [0.1, 0.15) is 44.6 Å². The number of ketones is 1. The molecule has 0 heterocycles. The van der Waals surface area contributed by atoms with Crippen molar-refractivity contribution in [3.05, 3.63) is 29.8 Å². The van der Waals surface area contributed by atoms with Crippen molar-refractivity contribution in [3.63, 3.8) is 0 Å². The predicted molar refractivity (Wildman–Crippen MR) is 72.9 cm³/mol. The van der Waals surface area contributed by atoms with Crippen molar-refractivity contribution < 1.29 is 9.53 Å². The fraction of sp³-hybridized carbons (Fsp3) is 0.562. The average Bonchev–Trinajstić information content (AvgIpc) is 2.78. The van der Waals surface area contributed by atoms with Crippen LogP contribution in [0.15, 0.2) is 24.3 Å². The molecule has 1 aliphatic rings. The molecular weight excluding hydrogens is 224 g/mol. The number of Topliss-reactive ketones (excluding diaryl/α,β-unsaturated/α-hetero) is 1. The highest BCUT2D eigenvalue weighted by atomic mass is 16.5. The molecule has 1 aromatic carbocycles. The second kappa shape index (κ2) is 6.58. The van der Waals surface area contributed by atoms with Gasteiger partial charge in [-0.25, -0.2) is 0 Å². The van der Waals surface area contributed by atoms with Crippen molar-refractivity contribution >= 4 is 5.78 Å². The Morgan fingerprint density at radius 2 is 2.06 bits per heavy atom. The number of carbonyl (C=O) groups is 1. The Hall–Kier alpha value is -1.31. The van der Waals surface area contributed by atoms with Crippen LogP contribution in [0.4, 0.5) is 0 Å². The molecule has 2 nitrogen and oxygen atoms in total. The Morgan fingerprint density at radius 3 is 2.67 bits per heavy atom. The highest BCUT2D eigenvalue weighted by molar-refractivity contribution is 5.82. The predicted octanol–water partition coefficient (Wildman–Crippen LogP) is 3.78. The number of benzene rings is 1. The van der Waals surface area contributed by atoms with Crippen LogP contribution in [0.25, 0.3) is 0 Å². The van der Waals surface area contributed by atoms with E-state index in [4.69, 9.17) is 4.74 Å². The van der Waals surface area contributed by atoms with Crippen LogP contribution in [0.5, 0.6) is 5.75 Å². The molecule has 2 rings (SSSR count). The van der Waals surface area contributed by atoms with Gasteiger partial charge < -0.3 is 4.74 Å². The Kier molecular flexibility index (Phi) is 4.80. The van der Waals surface area contributed by atoms with Gasteiger partial charge in [-0.15, -0.1) is 0 Å². The lowest BCUT2D eigenvalue weighted by Crippen LogP contribution is -2.11. The van der Waals surface area contributed by atoms with E-state index >= 15 is 0 Å². The van der Waals surface area contributed by atoms with Crippen molar-refractivity contribution in [1.82, 2.24) is 0 Å². The standard InChI is InChI=1S/C16H22O2/c1-2-4-13-7-9-15(10-8-13)18-12-11-14-5-3-6-16(14)17/h7-10,14H,2-6,11-12H2,1H3. The molecule has 2 heteroatoms. The van der Waals surface area contributed by atoms with Gasteiger partial charge in [0, 0.05) is 12.3 Å². The van der Waals surface area contributed by atoms with Gasteiger partial charge in [-0.1, -0.05) is 25.5 Å². The first-order valence-corrected chi connectivity index (χ1v) is 7.04. The topological polar surface area (TPSA) is 26.3 Å². The minimum Gasteiger partial charge on any atom is -0.494 e. The number of rotatable bonds is 6. The van der Waals surface area contributed by atoms with E-state index in [1.807, 2.05) is 12.1 Å². The minimum absolute atomic E-state index is 0.254. The highest BCUT2D eigenvalue weighted by Crippen LogP contribution is 2.24. The zero-order valence-electron chi connectivity index (χ0n) is 11.2. The van der Waals surface area contributed by atoms with Gasteiger partial charge in [-0.3, -0.25) is 4.79 Å². The van der Waals surface area contributed by atoms with Crippen LogP contribution < -0.4 is 4.74 Å². The summed E-state index contributed by atoms with van der Waals surface area (Å²) < 4.78 is 5.70. The van der Waals surface area contributed by atoms with Gasteiger partial charge in [0.2, 0.25) is 0 Å². The largest absolute Gasteiger partial charge is 0.494 e. The molecule has 0 saturated heterocycles. The minimum atomic E-state index is 0.254. The van der Waals surface area contributed by atoms with Crippen LogP contribution in [0.3, 0.4) is 0 Å². The van der Waals surface area contributed by atoms with Crippen LogP contribution in [0.2, 0.25) is 0 Å². The van der Waals surface area contributed by atoms with E-state index in [9.17, 15) is 4.79 Å². The normalized spacial score (nSPS) is 19.2. The summed E-state index contributed by atoms with van der Waals surface area (Å²) in [5, 5.41) is 0. The highest BCUT2D eigenvalue weighted by Gasteiger charge is 2.23. The Labute approximate surface area is 109 Å². The third-order valence-electron chi connectivity index (χ3n) is 3.63. The maximum atomic E-state index is 11.5. The fourth-order valence-electron chi connectivity index (χ4n) is 2.55. The van der Waals surface area contributed by atoms with Crippen molar-refractivity contribution in [3.8, 4) is 5.75 Å². The van der Waals surface area contributed by atoms with Crippen LogP contribution in [-0.4, -0.2) is 12.4 Å². The summed E-state index contributed by atoms with van der Waals surface area (Å²) in [7, 11) is 0. The SMILES string of the molecule is CCCc1ccc(OCCC2CCCC2=O)cc1. The molecule has 0 spiro atoms. The number of carbonyl (C=O) groups excluding carboxylic acids is 1. The Balaban J connectivity index is 1.74. The van der Waals surface area contributed by atoms with E-state index in [2.05, 4.69) is 19.1 Å². The molecule has 1 atom stereocenters. The van der Waals surface area contributed by atoms with Crippen molar-refractivity contribution in [2.45, 2.75) is 45.4 Å². The molecule has 1 fully saturated rings. The average molecular weight is 246 g/mol. The summed E-state index contributed by atoms with van der Waals surface area (Å²) in [6.07, 6.45) is 6.06. The molecule has 0 aromatic heterocycles. The van der Waals surface area contributed by atoms with E-state index in [-0.39, 0.29) is 5.92 Å². The molecule has 0 amide bonds. The summed E-state index contributed by atoms with van der Waals surface area (Å²) in [6.45, 7) is 2.84. The van der Waals surface area contributed by atoms with Gasteiger partial charge in [-0.05, 0) is 43.4 Å². The molecule has 0 aliphatic heterocycles. The monoisotopic (exact) mass is 246 g/mol. The zero-order chi connectivity index (χ0) is 12.8. The summed E-state index contributed by atoms with van der Waals surface area (Å²) >= 11 is 0. The summed E-state index contributed by atoms with van der Waals surface area (Å²) in [6, 6.07) is 8.31. The molecule has 18 heavy (non-hydrogen) atoms. The van der Waals surface area contributed by atoms with E-state index in [0.717, 1.165) is 37.9 Å². The molecule has 1 aromatic rings. The third-order valence-corrected chi connectivity index (χ3v) is 3.63. The lowest BCUT2D eigenvalue weighted by Gasteiger charge is -2.10. The first-order valence-electron chi connectivity index (χ1n) is 7.04. The van der Waals surface area contributed by atoms with Gasteiger partial charge in [0.1, 0.15) is 11.5 Å². The van der Waals surface area contributed by atoms with E-state index in [1.165, 1.54) is 12.0 Å². The zero-order valence-corrected chi connectivity index (χ0v) is 11.2. The van der Waals surface area contributed by atoms with Gasteiger partial charge in [0.05, 0.1) is 6.61 Å². The van der Waals surface area contributed by atoms with E-state index in [1.54, 1.807) is 0 Å². The molecule has 98 valence electrons. The lowest BCUT2D eigenvalue weighted by atomic mass is 10.0. The van der Waals surface area contributed by atoms with Crippen LogP contribution in [0, 0.1) is 5.92 Å². The summed E-state index contributed by atoms with van der Waals surface area (Å²) in [5.41, 5.74) is 1.36. The third kappa shape index (κ3) is 3.59. The van der Waals surface area contributed by atoms with Gasteiger partial charge in [-0.2, -0.15) is 0 Å². The molecule has 1 unspecified atom stereocenters. The summed E-state index contributed by atoms with van der Waals surface area (Å²) in [4.78, 5) is 11.5. The first-order chi connectivity index (χ1) is 8.79. The van der Waals surface area contributed by atoms with E-state index < -0.39 is 0 Å². The second-order valence-corrected chi connectivity index (χ2v) is 5.09. The number of aryl methyl sites for hydroxylation is 1. The maximum Gasteiger partial charge on any atom is 0.136 e. The first kappa shape index (κ1) is 13.1. The number of hydrogen-bond acceptors (Lipinski definition) is 2. The van der Waals surface area contributed by atoms with Gasteiger partial charge in [0.25, 0.3) is 0 Å². The molecule has 1 saturated carbocycles. The van der Waals surface area contributed by atoms with E-state index in [0.29, 0.717) is 12.4 Å². The van der Waals surface area contributed by atoms with Crippen LogP contribution >= 0.6 is 0 Å². The number of ether oxygens (including phenoxy) is 1. The van der Waals surface area contributed by atoms with Crippen molar-refractivity contribution in [2.24, 2.45) is 5.92 Å². The molecule has 0 N–H and O–H groups in total. The van der Waals surface area contributed by atoms with Gasteiger partial charge in [0.15, 0.2) is 0 Å². The quantitative estimate of drug-likeness (QED) is 0.763. The Bertz CT molecular complexity index is 381. The van der Waals surface area contributed by atoms with Gasteiger partial charge >= 0.3 is 0 Å². The molecular formula is C16H22O2. The fourth-order valence-corrected chi connectivity index (χ4v) is 2.55. The lowest BCUT2D eigenvalue weighted by molar-refractivity contribution is -0.121. The second-order valence-electron chi connectivity index (χ2n) is 5.09. The molecule has 0 bridgehead atoms. The smallest absolute Gasteiger partial charge is 0.136 e. The van der Waals surface area contributed by atoms with Crippen molar-refractivity contribution in [1.29, 1.82) is 0 Å².